The molecule has 2 nitrogen and oxygen atoms in total. The molecule has 14 heavy (non-hydrogen) atoms. The van der Waals surface area contributed by atoms with E-state index in [1.165, 1.54) is 5.46 Å². The number of aromatic carboxylic acids is 1. The van der Waals surface area contributed by atoms with E-state index >= 15 is 0 Å². The summed E-state index contributed by atoms with van der Waals surface area (Å²) in [5.41, 5.74) is 1.52. The van der Waals surface area contributed by atoms with Gasteiger partial charge in [0.05, 0.1) is 5.56 Å². The lowest BCUT2D eigenvalue weighted by Gasteiger charge is -2.00. The smallest absolute Gasteiger partial charge is 0.335 e. The fourth-order valence-corrected chi connectivity index (χ4v) is 1.50. The Kier molecular flexibility index (Phi) is 2.00. The molecule has 0 aromatic heterocycles. The van der Waals surface area contributed by atoms with Gasteiger partial charge >= 0.3 is 5.97 Å². The molecule has 0 bridgehead atoms. The van der Waals surface area contributed by atoms with Gasteiger partial charge < -0.3 is 5.11 Å². The molecule has 0 saturated heterocycles. The largest absolute Gasteiger partial charge is 0.478 e. The molecule has 0 aliphatic rings. The molecule has 0 fully saturated rings. The summed E-state index contributed by atoms with van der Waals surface area (Å²) in [5.74, 6) is -0.882. The molecule has 0 amide bonds. The summed E-state index contributed by atoms with van der Waals surface area (Å²) in [7, 11) is 2.02. The third kappa shape index (κ3) is 1.49. The van der Waals surface area contributed by atoms with Crippen molar-refractivity contribution in [3.63, 3.8) is 0 Å². The van der Waals surface area contributed by atoms with Gasteiger partial charge in [-0.2, -0.15) is 0 Å². The second kappa shape index (κ2) is 3.18. The molecule has 2 aromatic rings. The number of carboxylic acids is 1. The van der Waals surface area contributed by atoms with Crippen LogP contribution >= 0.6 is 0 Å². The lowest BCUT2D eigenvalue weighted by molar-refractivity contribution is 0.0697. The minimum atomic E-state index is -0.882. The third-order valence-electron chi connectivity index (χ3n) is 2.24. The predicted molar refractivity (Wildman–Crippen MR) is 59.1 cm³/mol. The summed E-state index contributed by atoms with van der Waals surface area (Å²) in [5, 5.41) is 10.8. The standard InChI is InChI=1S/C11H9BO2/c12-10-4-3-7-5-9(11(13)14)2-1-8(7)6-10/h1-6H,12H2,(H,13,14). The van der Waals surface area contributed by atoms with Crippen LogP contribution in [0.4, 0.5) is 0 Å². The van der Waals surface area contributed by atoms with Gasteiger partial charge in [-0.05, 0) is 22.9 Å². The highest BCUT2D eigenvalue weighted by Gasteiger charge is 2.02. The molecule has 0 heterocycles. The molecule has 0 saturated carbocycles. The first-order chi connectivity index (χ1) is 6.66. The molecule has 0 atom stereocenters. The van der Waals surface area contributed by atoms with E-state index in [1.54, 1.807) is 12.1 Å². The fraction of sp³-hybridized carbons (Fsp3) is 0. The zero-order chi connectivity index (χ0) is 10.1. The second-order valence-electron chi connectivity index (χ2n) is 3.37. The predicted octanol–water partition coefficient (Wildman–Crippen LogP) is 0.796. The topological polar surface area (TPSA) is 37.3 Å². The number of carbonyl (C=O) groups is 1. The average Bonchev–Trinajstić information content (AvgIpc) is 2.16. The Hall–Kier alpha value is -1.77. The highest BCUT2D eigenvalue weighted by atomic mass is 16.4. The van der Waals surface area contributed by atoms with Crippen LogP contribution < -0.4 is 5.46 Å². The third-order valence-corrected chi connectivity index (χ3v) is 2.24. The van der Waals surface area contributed by atoms with E-state index in [9.17, 15) is 4.79 Å². The quantitative estimate of drug-likeness (QED) is 0.665. The second-order valence-corrected chi connectivity index (χ2v) is 3.37. The Balaban J connectivity index is 2.67. The van der Waals surface area contributed by atoms with E-state index < -0.39 is 5.97 Å². The van der Waals surface area contributed by atoms with Crippen molar-refractivity contribution in [2.75, 3.05) is 0 Å². The van der Waals surface area contributed by atoms with Gasteiger partial charge in [-0.15, -0.1) is 0 Å². The number of hydrogen-bond donors (Lipinski definition) is 1. The molecular formula is C11H9BO2. The SMILES string of the molecule is Bc1ccc2cc(C(=O)O)ccc2c1. The van der Waals surface area contributed by atoms with Crippen molar-refractivity contribution in [2.45, 2.75) is 0 Å². The summed E-state index contributed by atoms with van der Waals surface area (Å²) in [4.78, 5) is 10.7. The highest BCUT2D eigenvalue weighted by Crippen LogP contribution is 2.14. The molecule has 0 aliphatic carbocycles. The minimum absolute atomic E-state index is 0.335. The molecule has 2 rings (SSSR count). The van der Waals surface area contributed by atoms with Crippen LogP contribution in [-0.2, 0) is 0 Å². The molecule has 2 aromatic carbocycles. The van der Waals surface area contributed by atoms with Gasteiger partial charge in [-0.1, -0.05) is 29.7 Å². The molecular weight excluding hydrogens is 175 g/mol. The molecule has 68 valence electrons. The van der Waals surface area contributed by atoms with Gasteiger partial charge in [0.1, 0.15) is 7.85 Å². The van der Waals surface area contributed by atoms with Crippen LogP contribution in [-0.4, -0.2) is 18.9 Å². The van der Waals surface area contributed by atoms with Gasteiger partial charge in [-0.25, -0.2) is 4.79 Å². The van der Waals surface area contributed by atoms with E-state index in [4.69, 9.17) is 5.11 Å². The Bertz CT molecular complexity index is 506. The van der Waals surface area contributed by atoms with Gasteiger partial charge in [0.25, 0.3) is 0 Å². The number of carboxylic acid groups (broad SMARTS) is 1. The minimum Gasteiger partial charge on any atom is -0.478 e. The number of benzene rings is 2. The lowest BCUT2D eigenvalue weighted by atomic mass is 9.93. The summed E-state index contributed by atoms with van der Waals surface area (Å²) in [6.45, 7) is 0. The maximum Gasteiger partial charge on any atom is 0.335 e. The Morgan fingerprint density at radius 3 is 2.43 bits per heavy atom. The van der Waals surface area contributed by atoms with Crippen LogP contribution in [0.5, 0.6) is 0 Å². The Labute approximate surface area is 82.6 Å². The van der Waals surface area contributed by atoms with Crippen LogP contribution in [0.3, 0.4) is 0 Å². The molecule has 0 radical (unpaired) electrons. The van der Waals surface area contributed by atoms with Crippen molar-refractivity contribution in [3.05, 3.63) is 42.0 Å². The lowest BCUT2D eigenvalue weighted by Crippen LogP contribution is -2.00. The Morgan fingerprint density at radius 1 is 1.07 bits per heavy atom. The number of hydrogen-bond acceptors (Lipinski definition) is 1. The monoisotopic (exact) mass is 184 g/mol. The summed E-state index contributed by atoms with van der Waals surface area (Å²) in [6.07, 6.45) is 0. The fourth-order valence-electron chi connectivity index (χ4n) is 1.50. The van der Waals surface area contributed by atoms with Gasteiger partial charge in [0, 0.05) is 0 Å². The summed E-state index contributed by atoms with van der Waals surface area (Å²) in [6, 6.07) is 11.1. The van der Waals surface area contributed by atoms with Crippen LogP contribution in [0.15, 0.2) is 36.4 Å². The number of rotatable bonds is 1. The molecule has 0 aliphatic heterocycles. The van der Waals surface area contributed by atoms with E-state index in [-0.39, 0.29) is 0 Å². The zero-order valence-electron chi connectivity index (χ0n) is 7.82. The average molecular weight is 184 g/mol. The maximum absolute atomic E-state index is 10.7. The van der Waals surface area contributed by atoms with E-state index in [2.05, 4.69) is 0 Å². The van der Waals surface area contributed by atoms with Gasteiger partial charge in [-0.3, -0.25) is 0 Å². The molecule has 3 heteroatoms. The summed E-state index contributed by atoms with van der Waals surface area (Å²) >= 11 is 0. The molecule has 0 unspecified atom stereocenters. The van der Waals surface area contributed by atoms with E-state index in [0.29, 0.717) is 5.56 Å². The molecule has 1 N–H and O–H groups in total. The zero-order valence-corrected chi connectivity index (χ0v) is 7.82. The number of fused-ring (bicyclic) bond motifs is 1. The van der Waals surface area contributed by atoms with Gasteiger partial charge in [0.2, 0.25) is 0 Å². The normalized spacial score (nSPS) is 10.3. The maximum atomic E-state index is 10.7. The van der Waals surface area contributed by atoms with Crippen molar-refractivity contribution < 1.29 is 9.90 Å². The van der Waals surface area contributed by atoms with E-state index in [0.717, 1.165) is 10.8 Å². The van der Waals surface area contributed by atoms with Crippen LogP contribution in [0.1, 0.15) is 10.4 Å². The van der Waals surface area contributed by atoms with Crippen LogP contribution in [0.25, 0.3) is 10.8 Å². The van der Waals surface area contributed by atoms with Crippen molar-refractivity contribution in [3.8, 4) is 0 Å². The van der Waals surface area contributed by atoms with E-state index in [1.807, 2.05) is 32.1 Å². The molecule has 0 spiro atoms. The first-order valence-electron chi connectivity index (χ1n) is 4.40. The van der Waals surface area contributed by atoms with Gasteiger partial charge in [0.15, 0.2) is 0 Å². The highest BCUT2D eigenvalue weighted by molar-refractivity contribution is 6.33. The van der Waals surface area contributed by atoms with Crippen molar-refractivity contribution in [2.24, 2.45) is 0 Å². The van der Waals surface area contributed by atoms with Crippen molar-refractivity contribution in [1.82, 2.24) is 0 Å². The first kappa shape index (κ1) is 8.82. The first-order valence-corrected chi connectivity index (χ1v) is 4.40. The Morgan fingerprint density at radius 2 is 1.71 bits per heavy atom. The van der Waals surface area contributed by atoms with Crippen LogP contribution in [0.2, 0.25) is 0 Å². The summed E-state index contributed by atoms with van der Waals surface area (Å²) < 4.78 is 0. The van der Waals surface area contributed by atoms with Crippen molar-refractivity contribution >= 4 is 30.1 Å². The van der Waals surface area contributed by atoms with Crippen LogP contribution in [0, 0.1) is 0 Å². The van der Waals surface area contributed by atoms with Crippen molar-refractivity contribution in [1.29, 1.82) is 0 Å².